The molecule has 4 heteroatoms. The zero-order chi connectivity index (χ0) is 9.19. The molecule has 1 radical (unpaired) electrons. The number of quaternary nitrogens is 1. The SMILES string of the molecule is C[N+](C)(c1cc[c]cc1)[SH](=O)=O. The van der Waals surface area contributed by atoms with Gasteiger partial charge in [-0.1, -0.05) is 0 Å². The van der Waals surface area contributed by atoms with Crippen molar-refractivity contribution in [3.63, 3.8) is 0 Å². The first kappa shape index (κ1) is 9.22. The van der Waals surface area contributed by atoms with Gasteiger partial charge in [-0.25, -0.2) is 0 Å². The van der Waals surface area contributed by atoms with Gasteiger partial charge >= 0.3 is 0 Å². The molecule has 0 atom stereocenters. The second-order valence-electron chi connectivity index (χ2n) is 2.89. The molecule has 3 nitrogen and oxygen atoms in total. The molecule has 0 N–H and O–H groups in total. The molecule has 0 aliphatic heterocycles. The summed E-state index contributed by atoms with van der Waals surface area (Å²) in [5.41, 5.74) is 0.741. The zero-order valence-corrected chi connectivity index (χ0v) is 7.91. The van der Waals surface area contributed by atoms with Gasteiger partial charge in [-0.3, -0.25) is 0 Å². The van der Waals surface area contributed by atoms with Gasteiger partial charge in [0.25, 0.3) is 10.9 Å². The van der Waals surface area contributed by atoms with Crippen LogP contribution in [0.3, 0.4) is 0 Å². The van der Waals surface area contributed by atoms with Crippen LogP contribution in [0.4, 0.5) is 5.69 Å². The minimum Gasteiger partial charge on any atom is -0.194 e. The molecule has 0 saturated heterocycles. The summed E-state index contributed by atoms with van der Waals surface area (Å²) in [7, 11) is 0.756. The van der Waals surface area contributed by atoms with Crippen molar-refractivity contribution in [3.05, 3.63) is 30.3 Å². The van der Waals surface area contributed by atoms with Crippen molar-refractivity contribution >= 4 is 16.6 Å². The first-order valence-corrected chi connectivity index (χ1v) is 4.63. The Morgan fingerprint density at radius 2 is 1.75 bits per heavy atom. The van der Waals surface area contributed by atoms with E-state index in [1.54, 1.807) is 38.4 Å². The lowest BCUT2D eigenvalue weighted by Gasteiger charge is -2.20. The quantitative estimate of drug-likeness (QED) is 0.540. The molecule has 0 aliphatic rings. The van der Waals surface area contributed by atoms with Crippen LogP contribution in [0.1, 0.15) is 0 Å². The van der Waals surface area contributed by atoms with Gasteiger partial charge in [0.15, 0.2) is 0 Å². The van der Waals surface area contributed by atoms with Gasteiger partial charge < -0.3 is 0 Å². The molecule has 0 fully saturated rings. The van der Waals surface area contributed by atoms with Crippen molar-refractivity contribution in [1.82, 2.24) is 3.89 Å². The monoisotopic (exact) mass is 185 g/mol. The highest BCUT2D eigenvalue weighted by Crippen LogP contribution is 2.17. The fraction of sp³-hybridized carbons (Fsp3) is 0.250. The Kier molecular flexibility index (Phi) is 2.49. The predicted molar refractivity (Wildman–Crippen MR) is 49.2 cm³/mol. The molecule has 0 unspecified atom stereocenters. The van der Waals surface area contributed by atoms with Crippen LogP contribution < -0.4 is 3.89 Å². The fourth-order valence-corrected chi connectivity index (χ4v) is 1.16. The van der Waals surface area contributed by atoms with E-state index in [0.717, 1.165) is 5.69 Å². The summed E-state index contributed by atoms with van der Waals surface area (Å²) in [5.74, 6) is 0. The lowest BCUT2D eigenvalue weighted by atomic mass is 10.3. The van der Waals surface area contributed by atoms with Gasteiger partial charge in [-0.05, 0) is 18.2 Å². The smallest absolute Gasteiger partial charge is 0.194 e. The van der Waals surface area contributed by atoms with Gasteiger partial charge in [0.05, 0.1) is 14.1 Å². The number of rotatable bonds is 2. The van der Waals surface area contributed by atoms with E-state index in [0.29, 0.717) is 0 Å². The van der Waals surface area contributed by atoms with Crippen LogP contribution in [0.25, 0.3) is 0 Å². The molecule has 65 valence electrons. The summed E-state index contributed by atoms with van der Waals surface area (Å²) in [6, 6.07) is 9.72. The van der Waals surface area contributed by atoms with E-state index in [1.165, 1.54) is 0 Å². The topological polar surface area (TPSA) is 34.1 Å². The highest BCUT2D eigenvalue weighted by atomic mass is 32.2. The summed E-state index contributed by atoms with van der Waals surface area (Å²) in [6.07, 6.45) is 0. The third kappa shape index (κ3) is 1.65. The molecule has 0 spiro atoms. The van der Waals surface area contributed by atoms with E-state index in [1.807, 2.05) is 0 Å². The first-order chi connectivity index (χ1) is 5.55. The molecule has 0 aliphatic carbocycles. The lowest BCUT2D eigenvalue weighted by Crippen LogP contribution is -2.38. The molecule has 1 aromatic carbocycles. The number of hydrogen-bond donors (Lipinski definition) is 1. The van der Waals surface area contributed by atoms with E-state index in [4.69, 9.17) is 0 Å². The standard InChI is InChI=1S/C8H11NO2S/c1-9(2,12(10)11)8-6-4-3-5-7-8/h4-7,12H,1-2H3/q+1. The van der Waals surface area contributed by atoms with Crippen LogP contribution in [0.5, 0.6) is 0 Å². The van der Waals surface area contributed by atoms with Gasteiger partial charge in [0.1, 0.15) is 5.69 Å². The molecule has 12 heavy (non-hydrogen) atoms. The van der Waals surface area contributed by atoms with Crippen molar-refractivity contribution in [2.75, 3.05) is 14.1 Å². The fourth-order valence-electron chi connectivity index (χ4n) is 0.837. The van der Waals surface area contributed by atoms with Crippen LogP contribution in [-0.2, 0) is 10.9 Å². The minimum absolute atomic E-state index is 0.121. The summed E-state index contributed by atoms with van der Waals surface area (Å²) in [6.45, 7) is 0. The summed E-state index contributed by atoms with van der Waals surface area (Å²) >= 11 is 0. The van der Waals surface area contributed by atoms with Crippen LogP contribution in [-0.4, -0.2) is 22.5 Å². The van der Waals surface area contributed by atoms with Crippen LogP contribution in [0.2, 0.25) is 0 Å². The molecule has 0 aromatic heterocycles. The predicted octanol–water partition coefficient (Wildman–Crippen LogP) is 0.580. The second-order valence-corrected chi connectivity index (χ2v) is 4.37. The lowest BCUT2D eigenvalue weighted by molar-refractivity contribution is 0.535. The van der Waals surface area contributed by atoms with E-state index < -0.39 is 10.9 Å². The maximum atomic E-state index is 10.8. The third-order valence-electron chi connectivity index (χ3n) is 1.74. The maximum absolute atomic E-state index is 10.8. The summed E-state index contributed by atoms with van der Waals surface area (Å²) in [5, 5.41) is 0. The average Bonchev–Trinajstić information content (AvgIpc) is 2.06. The van der Waals surface area contributed by atoms with Crippen LogP contribution in [0.15, 0.2) is 24.3 Å². The average molecular weight is 185 g/mol. The highest BCUT2D eigenvalue weighted by Gasteiger charge is 2.20. The second kappa shape index (κ2) is 3.25. The van der Waals surface area contributed by atoms with Gasteiger partial charge in [0, 0.05) is 12.1 Å². The zero-order valence-electron chi connectivity index (χ0n) is 7.02. The molecule has 0 saturated carbocycles. The third-order valence-corrected chi connectivity index (χ3v) is 2.79. The van der Waals surface area contributed by atoms with Crippen molar-refractivity contribution in [3.8, 4) is 0 Å². The van der Waals surface area contributed by atoms with Crippen molar-refractivity contribution in [1.29, 1.82) is 0 Å². The molecule has 0 amide bonds. The van der Waals surface area contributed by atoms with E-state index in [-0.39, 0.29) is 3.89 Å². The van der Waals surface area contributed by atoms with Crippen LogP contribution >= 0.6 is 0 Å². The van der Waals surface area contributed by atoms with Crippen molar-refractivity contribution in [2.45, 2.75) is 0 Å². The van der Waals surface area contributed by atoms with E-state index in [2.05, 4.69) is 6.07 Å². The van der Waals surface area contributed by atoms with Crippen LogP contribution in [0, 0.1) is 6.07 Å². The number of benzene rings is 1. The molecule has 1 rings (SSSR count). The number of nitrogens with zero attached hydrogens (tertiary/aromatic N) is 1. The molecule has 1 aromatic rings. The van der Waals surface area contributed by atoms with Crippen molar-refractivity contribution < 1.29 is 8.42 Å². The summed E-state index contributed by atoms with van der Waals surface area (Å²) in [4.78, 5) is 0. The molecular weight excluding hydrogens is 174 g/mol. The molecule has 0 heterocycles. The highest BCUT2D eigenvalue weighted by molar-refractivity contribution is 7.71. The molecule has 0 bridgehead atoms. The Morgan fingerprint density at radius 3 is 2.17 bits per heavy atom. The Balaban J connectivity index is 3.15. The Hall–Kier alpha value is -0.870. The normalized spacial score (nSPS) is 11.9. The minimum atomic E-state index is -2.50. The summed E-state index contributed by atoms with van der Waals surface area (Å²) < 4.78 is 21.5. The van der Waals surface area contributed by atoms with E-state index in [9.17, 15) is 8.42 Å². The van der Waals surface area contributed by atoms with Gasteiger partial charge in [-0.15, -0.1) is 0 Å². The van der Waals surface area contributed by atoms with Gasteiger partial charge in [0.2, 0.25) is 0 Å². The number of hydrogen-bond acceptors (Lipinski definition) is 2. The Morgan fingerprint density at radius 1 is 1.25 bits per heavy atom. The number of thiol groups is 1. The van der Waals surface area contributed by atoms with Gasteiger partial charge in [-0.2, -0.15) is 12.3 Å². The Labute approximate surface area is 73.9 Å². The maximum Gasteiger partial charge on any atom is 0.291 e. The van der Waals surface area contributed by atoms with Crippen molar-refractivity contribution in [2.24, 2.45) is 0 Å². The largest absolute Gasteiger partial charge is 0.291 e. The van der Waals surface area contributed by atoms with E-state index >= 15 is 0 Å². The molecular formula is C8H11NO2S+. The first-order valence-electron chi connectivity index (χ1n) is 3.50. The Bertz CT molecular complexity index is 322.